The Morgan fingerprint density at radius 2 is 1.85 bits per heavy atom. The number of carbonyl (C=O) groups excluding carboxylic acids is 2. The van der Waals surface area contributed by atoms with Gasteiger partial charge in [-0.15, -0.1) is 11.3 Å². The molecule has 0 unspecified atom stereocenters. The minimum atomic E-state index is -0.456. The first-order chi connectivity index (χ1) is 13.2. The van der Waals surface area contributed by atoms with Gasteiger partial charge in [-0.25, -0.2) is 4.79 Å². The van der Waals surface area contributed by atoms with Crippen molar-refractivity contribution in [1.82, 2.24) is 10.6 Å². The number of benzene rings is 1. The molecule has 1 saturated heterocycles. The number of amides is 3. The van der Waals surface area contributed by atoms with E-state index >= 15 is 0 Å². The molecule has 0 spiro atoms. The number of anilines is 2. The molecule has 0 saturated carbocycles. The molecular weight excluding hydrogens is 360 g/mol. The summed E-state index contributed by atoms with van der Waals surface area (Å²) in [6.45, 7) is 2.64. The molecule has 0 aliphatic carbocycles. The van der Waals surface area contributed by atoms with E-state index in [0.717, 1.165) is 30.9 Å². The summed E-state index contributed by atoms with van der Waals surface area (Å²) < 4.78 is 0. The lowest BCUT2D eigenvalue weighted by molar-refractivity contribution is -0.118. The number of hydrogen-bond acceptors (Lipinski definition) is 5. The van der Waals surface area contributed by atoms with Gasteiger partial charge in [0.1, 0.15) is 0 Å². The van der Waals surface area contributed by atoms with E-state index in [1.807, 2.05) is 35.7 Å². The molecule has 6 nitrogen and oxygen atoms in total. The van der Waals surface area contributed by atoms with Crippen LogP contribution < -0.4 is 20.9 Å². The van der Waals surface area contributed by atoms with Crippen LogP contribution >= 0.6 is 11.3 Å². The molecule has 7 heteroatoms. The van der Waals surface area contributed by atoms with Crippen LogP contribution in [0.4, 0.5) is 16.2 Å². The van der Waals surface area contributed by atoms with Gasteiger partial charge in [0.25, 0.3) is 0 Å². The average molecular weight is 387 g/mol. The minimum absolute atomic E-state index is 0.0587. The number of urea groups is 1. The summed E-state index contributed by atoms with van der Waals surface area (Å²) in [7, 11) is 0. The zero-order valence-corrected chi connectivity index (χ0v) is 16.2. The lowest BCUT2D eigenvalue weighted by Gasteiger charge is -2.30. The summed E-state index contributed by atoms with van der Waals surface area (Å²) in [5, 5.41) is 10.2. The maximum absolute atomic E-state index is 12.1. The van der Waals surface area contributed by atoms with Gasteiger partial charge in [0.15, 0.2) is 0 Å². The summed E-state index contributed by atoms with van der Waals surface area (Å²) in [5.74, 6) is -0.350. The molecule has 1 aliphatic heterocycles. The van der Waals surface area contributed by atoms with Crippen molar-refractivity contribution in [3.8, 4) is 0 Å². The Morgan fingerprint density at radius 3 is 2.63 bits per heavy atom. The third-order valence-electron chi connectivity index (χ3n) is 4.53. The molecule has 144 valence electrons. The van der Waals surface area contributed by atoms with Crippen LogP contribution in [0.25, 0.3) is 0 Å². The number of piperidine rings is 1. The number of imide groups is 1. The van der Waals surface area contributed by atoms with Gasteiger partial charge in [-0.3, -0.25) is 10.1 Å². The van der Waals surface area contributed by atoms with E-state index in [0.29, 0.717) is 6.54 Å². The van der Waals surface area contributed by atoms with Crippen molar-refractivity contribution >= 4 is 34.6 Å². The molecule has 0 atom stereocenters. The van der Waals surface area contributed by atoms with Gasteiger partial charge in [0, 0.05) is 24.5 Å². The highest BCUT2D eigenvalue weighted by Gasteiger charge is 2.15. The topological polar surface area (TPSA) is 73.5 Å². The smallest absolute Gasteiger partial charge is 0.321 e. The number of para-hydroxylation sites is 2. The third-order valence-corrected chi connectivity index (χ3v) is 5.47. The average Bonchev–Trinajstić information content (AvgIpc) is 3.21. The van der Waals surface area contributed by atoms with Crippen molar-refractivity contribution in [2.75, 3.05) is 36.4 Å². The first kappa shape index (κ1) is 19.2. The second-order valence-electron chi connectivity index (χ2n) is 6.55. The zero-order valence-electron chi connectivity index (χ0n) is 15.4. The molecule has 2 heterocycles. The molecule has 3 amide bonds. The van der Waals surface area contributed by atoms with Crippen molar-refractivity contribution in [2.45, 2.75) is 25.7 Å². The van der Waals surface area contributed by atoms with Gasteiger partial charge < -0.3 is 15.5 Å². The van der Waals surface area contributed by atoms with Crippen molar-refractivity contribution in [2.24, 2.45) is 0 Å². The molecule has 0 bridgehead atoms. The molecule has 1 aromatic carbocycles. The van der Waals surface area contributed by atoms with E-state index in [1.54, 1.807) is 11.3 Å². The Morgan fingerprint density at radius 1 is 1.04 bits per heavy atom. The lowest BCUT2D eigenvalue weighted by atomic mass is 10.1. The van der Waals surface area contributed by atoms with E-state index in [2.05, 4.69) is 26.9 Å². The summed E-state index contributed by atoms with van der Waals surface area (Å²) in [5.41, 5.74) is 2.04. The molecule has 2 aromatic rings. The number of nitrogens with zero attached hydrogens (tertiary/aromatic N) is 1. The highest BCUT2D eigenvalue weighted by molar-refractivity contribution is 7.09. The standard InChI is InChI=1S/C20H26N4O2S/c25-19(23-20(26)21-11-10-16-7-6-14-27-16)15-22-17-8-2-3-9-18(17)24-12-4-1-5-13-24/h2-3,6-9,14,22H,1,4-5,10-13,15H2,(H2,21,23,25,26). The van der Waals surface area contributed by atoms with E-state index in [4.69, 9.17) is 0 Å². The van der Waals surface area contributed by atoms with Crippen LogP contribution in [-0.2, 0) is 11.2 Å². The second-order valence-corrected chi connectivity index (χ2v) is 7.58. The quantitative estimate of drug-likeness (QED) is 0.683. The van der Waals surface area contributed by atoms with Gasteiger partial charge in [0.05, 0.1) is 17.9 Å². The predicted molar refractivity (Wildman–Crippen MR) is 111 cm³/mol. The van der Waals surface area contributed by atoms with Gasteiger partial charge in [-0.2, -0.15) is 0 Å². The van der Waals surface area contributed by atoms with E-state index in [-0.39, 0.29) is 12.5 Å². The SMILES string of the molecule is O=C(CNc1ccccc1N1CCCCC1)NC(=O)NCCc1cccs1. The normalized spacial score (nSPS) is 13.9. The number of carbonyl (C=O) groups is 2. The van der Waals surface area contributed by atoms with Crippen LogP contribution in [0.3, 0.4) is 0 Å². The summed E-state index contributed by atoms with van der Waals surface area (Å²) in [6, 6.07) is 11.6. The highest BCUT2D eigenvalue weighted by atomic mass is 32.1. The number of hydrogen-bond donors (Lipinski definition) is 3. The molecule has 1 aliphatic rings. The predicted octanol–water partition coefficient (Wildman–Crippen LogP) is 3.22. The summed E-state index contributed by atoms with van der Waals surface area (Å²) >= 11 is 1.65. The molecule has 1 aromatic heterocycles. The van der Waals surface area contributed by atoms with Gasteiger partial charge in [0.2, 0.25) is 5.91 Å². The first-order valence-electron chi connectivity index (χ1n) is 9.40. The third kappa shape index (κ3) is 5.99. The molecule has 0 radical (unpaired) electrons. The Kier molecular flexibility index (Phi) is 7.10. The van der Waals surface area contributed by atoms with Gasteiger partial charge >= 0.3 is 6.03 Å². The Balaban J connectivity index is 1.43. The Hall–Kier alpha value is -2.54. The van der Waals surface area contributed by atoms with Crippen molar-refractivity contribution in [3.63, 3.8) is 0 Å². The fraction of sp³-hybridized carbons (Fsp3) is 0.400. The molecule has 27 heavy (non-hydrogen) atoms. The summed E-state index contributed by atoms with van der Waals surface area (Å²) in [6.07, 6.45) is 4.43. The lowest BCUT2D eigenvalue weighted by Crippen LogP contribution is -2.42. The van der Waals surface area contributed by atoms with Crippen LogP contribution in [0.5, 0.6) is 0 Å². The van der Waals surface area contributed by atoms with Crippen molar-refractivity contribution in [3.05, 3.63) is 46.7 Å². The van der Waals surface area contributed by atoms with Crippen LogP contribution in [-0.4, -0.2) is 38.1 Å². The largest absolute Gasteiger partial charge is 0.374 e. The summed E-state index contributed by atoms with van der Waals surface area (Å²) in [4.78, 5) is 27.4. The van der Waals surface area contributed by atoms with E-state index in [9.17, 15) is 9.59 Å². The molecule has 1 fully saturated rings. The fourth-order valence-corrected chi connectivity index (χ4v) is 3.89. The Bertz CT molecular complexity index is 742. The monoisotopic (exact) mass is 386 g/mol. The number of nitrogens with one attached hydrogen (secondary N) is 3. The molecule has 3 N–H and O–H groups in total. The fourth-order valence-electron chi connectivity index (χ4n) is 3.18. The van der Waals surface area contributed by atoms with Crippen LogP contribution in [0.1, 0.15) is 24.1 Å². The van der Waals surface area contributed by atoms with E-state index in [1.165, 1.54) is 24.1 Å². The van der Waals surface area contributed by atoms with Crippen LogP contribution in [0, 0.1) is 0 Å². The van der Waals surface area contributed by atoms with Crippen molar-refractivity contribution in [1.29, 1.82) is 0 Å². The van der Waals surface area contributed by atoms with Gasteiger partial charge in [-0.1, -0.05) is 18.2 Å². The molecule has 3 rings (SSSR count). The minimum Gasteiger partial charge on any atom is -0.374 e. The Labute approximate surface area is 164 Å². The second kappa shape index (κ2) is 9.97. The van der Waals surface area contributed by atoms with Gasteiger partial charge in [-0.05, 0) is 49.3 Å². The zero-order chi connectivity index (χ0) is 18.9. The van der Waals surface area contributed by atoms with Crippen LogP contribution in [0.2, 0.25) is 0 Å². The first-order valence-corrected chi connectivity index (χ1v) is 10.3. The number of thiophene rings is 1. The molecular formula is C20H26N4O2S. The highest BCUT2D eigenvalue weighted by Crippen LogP contribution is 2.27. The maximum atomic E-state index is 12.1. The van der Waals surface area contributed by atoms with E-state index < -0.39 is 6.03 Å². The van der Waals surface area contributed by atoms with Crippen molar-refractivity contribution < 1.29 is 9.59 Å². The number of rotatable bonds is 7. The van der Waals surface area contributed by atoms with Crippen LogP contribution in [0.15, 0.2) is 41.8 Å². The maximum Gasteiger partial charge on any atom is 0.321 e.